The van der Waals surface area contributed by atoms with Crippen LogP contribution in [0, 0.1) is 0 Å². The lowest BCUT2D eigenvalue weighted by molar-refractivity contribution is -0.142. The molecule has 1 N–H and O–H groups in total. The molecule has 0 aliphatic rings. The second kappa shape index (κ2) is 7.37. The Morgan fingerprint density at radius 3 is 2.08 bits per heavy atom. The third-order valence-corrected chi connectivity index (χ3v) is 4.85. The lowest BCUT2D eigenvalue weighted by atomic mass is 10.1. The lowest BCUT2D eigenvalue weighted by Crippen LogP contribution is -2.34. The number of methoxy groups -OCH3 is 1. The van der Waals surface area contributed by atoms with E-state index in [4.69, 9.17) is 0 Å². The van der Waals surface area contributed by atoms with Crippen LogP contribution in [-0.4, -0.2) is 27.3 Å². The van der Waals surface area contributed by atoms with Gasteiger partial charge < -0.3 is 4.74 Å². The molecule has 2 aromatic carbocycles. The Morgan fingerprint density at radius 2 is 1.58 bits per heavy atom. The van der Waals surface area contributed by atoms with E-state index < -0.39 is 22.0 Å². The molecule has 0 bridgehead atoms. The predicted molar refractivity (Wildman–Crippen MR) is 88.0 cm³/mol. The molecule has 0 amide bonds. The number of Topliss-reactive ketones (excluding diaryl/α,β-unsaturated/α-hetero) is 1. The van der Waals surface area contributed by atoms with Crippen LogP contribution in [0.2, 0.25) is 0 Å². The maximum atomic E-state index is 12.5. The SMILES string of the molecule is COC(=O)[C@H](NS(=O)(=O)c1ccc(C(C)=O)cc1)c1ccccc1. The van der Waals surface area contributed by atoms with Gasteiger partial charge in [0.1, 0.15) is 6.04 Å². The van der Waals surface area contributed by atoms with Gasteiger partial charge in [0.05, 0.1) is 12.0 Å². The van der Waals surface area contributed by atoms with Crippen molar-refractivity contribution in [1.29, 1.82) is 0 Å². The van der Waals surface area contributed by atoms with Crippen LogP contribution in [-0.2, 0) is 19.6 Å². The summed E-state index contributed by atoms with van der Waals surface area (Å²) in [6, 6.07) is 12.7. The third-order valence-electron chi connectivity index (χ3n) is 3.41. The molecule has 2 aromatic rings. The number of ketones is 1. The van der Waals surface area contributed by atoms with Crippen LogP contribution >= 0.6 is 0 Å². The molecule has 24 heavy (non-hydrogen) atoms. The Bertz CT molecular complexity index is 829. The lowest BCUT2D eigenvalue weighted by Gasteiger charge is -2.17. The van der Waals surface area contributed by atoms with E-state index in [0.717, 1.165) is 0 Å². The zero-order valence-electron chi connectivity index (χ0n) is 13.2. The molecular formula is C17H17NO5S. The average Bonchev–Trinajstić information content (AvgIpc) is 2.60. The van der Waals surface area contributed by atoms with Gasteiger partial charge in [-0.3, -0.25) is 4.79 Å². The second-order valence-corrected chi connectivity index (χ2v) is 6.78. The Balaban J connectivity index is 2.33. The number of sulfonamides is 1. The van der Waals surface area contributed by atoms with Crippen molar-refractivity contribution in [1.82, 2.24) is 4.72 Å². The van der Waals surface area contributed by atoms with Crippen LogP contribution in [0.1, 0.15) is 28.9 Å². The van der Waals surface area contributed by atoms with Gasteiger partial charge in [-0.15, -0.1) is 0 Å². The Hall–Kier alpha value is -2.51. The Labute approximate surface area is 140 Å². The largest absolute Gasteiger partial charge is 0.468 e. The Morgan fingerprint density at radius 1 is 1.00 bits per heavy atom. The van der Waals surface area contributed by atoms with Crippen LogP contribution in [0.25, 0.3) is 0 Å². The zero-order valence-corrected chi connectivity index (χ0v) is 14.0. The van der Waals surface area contributed by atoms with Gasteiger partial charge in [0.25, 0.3) is 0 Å². The molecule has 126 valence electrons. The van der Waals surface area contributed by atoms with Crippen LogP contribution < -0.4 is 4.72 Å². The summed E-state index contributed by atoms with van der Waals surface area (Å²) in [4.78, 5) is 23.2. The topological polar surface area (TPSA) is 89.5 Å². The highest BCUT2D eigenvalue weighted by atomic mass is 32.2. The molecule has 0 aliphatic heterocycles. The summed E-state index contributed by atoms with van der Waals surface area (Å²) in [5, 5.41) is 0. The molecule has 0 fully saturated rings. The molecule has 0 aromatic heterocycles. The summed E-state index contributed by atoms with van der Waals surface area (Å²) in [7, 11) is -2.78. The van der Waals surface area contributed by atoms with Gasteiger partial charge in [-0.2, -0.15) is 4.72 Å². The molecule has 0 heterocycles. The first kappa shape index (κ1) is 17.8. The number of hydrogen-bond acceptors (Lipinski definition) is 5. The summed E-state index contributed by atoms with van der Waals surface area (Å²) < 4.78 is 32.1. The first-order valence-corrected chi connectivity index (χ1v) is 8.59. The Kier molecular flexibility index (Phi) is 5.48. The van der Waals surface area contributed by atoms with Gasteiger partial charge in [0, 0.05) is 5.56 Å². The van der Waals surface area contributed by atoms with Crippen molar-refractivity contribution in [2.45, 2.75) is 17.9 Å². The van der Waals surface area contributed by atoms with Crippen LogP contribution in [0.15, 0.2) is 59.5 Å². The van der Waals surface area contributed by atoms with Crippen molar-refractivity contribution in [2.75, 3.05) is 7.11 Å². The number of ether oxygens (including phenoxy) is 1. The molecule has 0 spiro atoms. The fourth-order valence-corrected chi connectivity index (χ4v) is 3.28. The second-order valence-electron chi connectivity index (χ2n) is 5.07. The predicted octanol–water partition coefficient (Wildman–Crippen LogP) is 2.08. The number of benzene rings is 2. The summed E-state index contributed by atoms with van der Waals surface area (Å²) in [6.45, 7) is 1.39. The minimum Gasteiger partial charge on any atom is -0.468 e. The molecule has 2 rings (SSSR count). The minimum atomic E-state index is -3.97. The zero-order chi connectivity index (χ0) is 17.7. The maximum absolute atomic E-state index is 12.5. The highest BCUT2D eigenvalue weighted by molar-refractivity contribution is 7.89. The van der Waals surface area contributed by atoms with Crippen molar-refractivity contribution in [3.05, 3.63) is 65.7 Å². The number of carbonyl (C=O) groups excluding carboxylic acids is 2. The minimum absolute atomic E-state index is 0.0441. The summed E-state index contributed by atoms with van der Waals surface area (Å²) in [5.41, 5.74) is 0.870. The van der Waals surface area contributed by atoms with Crippen LogP contribution in [0.3, 0.4) is 0 Å². The molecule has 0 saturated heterocycles. The molecule has 1 atom stereocenters. The molecule has 0 aliphatic carbocycles. The van der Waals surface area contributed by atoms with E-state index in [9.17, 15) is 18.0 Å². The van der Waals surface area contributed by atoms with Gasteiger partial charge in [-0.05, 0) is 24.6 Å². The number of rotatable bonds is 6. The van der Waals surface area contributed by atoms with E-state index in [1.165, 1.54) is 38.3 Å². The third kappa shape index (κ3) is 4.06. The average molecular weight is 347 g/mol. The van der Waals surface area contributed by atoms with E-state index >= 15 is 0 Å². The van der Waals surface area contributed by atoms with Gasteiger partial charge in [-0.25, -0.2) is 13.2 Å². The number of esters is 1. The van der Waals surface area contributed by atoms with Crippen molar-refractivity contribution in [3.63, 3.8) is 0 Å². The summed E-state index contributed by atoms with van der Waals surface area (Å²) in [6.07, 6.45) is 0. The first-order valence-electron chi connectivity index (χ1n) is 7.11. The number of hydrogen-bond donors (Lipinski definition) is 1. The molecule has 6 nitrogen and oxygen atoms in total. The summed E-state index contributed by atoms with van der Waals surface area (Å²) in [5.74, 6) is -0.881. The molecule has 0 saturated carbocycles. The number of carbonyl (C=O) groups is 2. The van der Waals surface area contributed by atoms with Crippen molar-refractivity contribution in [2.24, 2.45) is 0 Å². The molecule has 7 heteroatoms. The van der Waals surface area contributed by atoms with E-state index in [2.05, 4.69) is 9.46 Å². The normalized spacial score (nSPS) is 12.4. The van der Waals surface area contributed by atoms with E-state index in [-0.39, 0.29) is 10.7 Å². The van der Waals surface area contributed by atoms with Gasteiger partial charge >= 0.3 is 5.97 Å². The van der Waals surface area contributed by atoms with E-state index in [0.29, 0.717) is 11.1 Å². The fraction of sp³-hybridized carbons (Fsp3) is 0.176. The van der Waals surface area contributed by atoms with E-state index in [1.54, 1.807) is 30.3 Å². The van der Waals surface area contributed by atoms with Gasteiger partial charge in [-0.1, -0.05) is 42.5 Å². The number of nitrogens with one attached hydrogen (secondary N) is 1. The smallest absolute Gasteiger partial charge is 0.328 e. The van der Waals surface area contributed by atoms with Crippen molar-refractivity contribution in [3.8, 4) is 0 Å². The van der Waals surface area contributed by atoms with Crippen LogP contribution in [0.5, 0.6) is 0 Å². The molecule has 0 unspecified atom stereocenters. The van der Waals surface area contributed by atoms with Crippen LogP contribution in [0.4, 0.5) is 0 Å². The highest BCUT2D eigenvalue weighted by Gasteiger charge is 2.27. The standard InChI is InChI=1S/C17H17NO5S/c1-12(19)13-8-10-15(11-9-13)24(21,22)18-16(17(20)23-2)14-6-4-3-5-7-14/h3-11,16,18H,1-2H3/t16-/m1/s1. The summed E-state index contributed by atoms with van der Waals surface area (Å²) >= 11 is 0. The van der Waals surface area contributed by atoms with Crippen molar-refractivity contribution < 1.29 is 22.7 Å². The first-order chi connectivity index (χ1) is 11.3. The molecule has 0 radical (unpaired) electrons. The van der Waals surface area contributed by atoms with Gasteiger partial charge in [0.15, 0.2) is 5.78 Å². The fourth-order valence-electron chi connectivity index (χ4n) is 2.11. The monoisotopic (exact) mass is 347 g/mol. The van der Waals surface area contributed by atoms with Crippen molar-refractivity contribution >= 4 is 21.8 Å². The van der Waals surface area contributed by atoms with E-state index in [1.807, 2.05) is 0 Å². The van der Waals surface area contributed by atoms with Gasteiger partial charge in [0.2, 0.25) is 10.0 Å². The highest BCUT2D eigenvalue weighted by Crippen LogP contribution is 2.19. The maximum Gasteiger partial charge on any atom is 0.328 e. The molecular weight excluding hydrogens is 330 g/mol. The quantitative estimate of drug-likeness (QED) is 0.638.